The number of esters is 2. The van der Waals surface area contributed by atoms with Crippen LogP contribution in [0.5, 0.6) is 0 Å². The molecule has 0 amide bonds. The van der Waals surface area contributed by atoms with E-state index in [2.05, 4.69) is 4.98 Å². The van der Waals surface area contributed by atoms with Gasteiger partial charge >= 0.3 is 11.9 Å². The van der Waals surface area contributed by atoms with Crippen LogP contribution in [0, 0.1) is 0 Å². The largest absolute Gasteiger partial charge is 0.462 e. The predicted molar refractivity (Wildman–Crippen MR) is 68.2 cm³/mol. The Morgan fingerprint density at radius 1 is 1.16 bits per heavy atom. The molecule has 0 saturated heterocycles. The minimum atomic E-state index is -0.497. The van der Waals surface area contributed by atoms with Gasteiger partial charge in [-0.3, -0.25) is 0 Å². The van der Waals surface area contributed by atoms with Crippen LogP contribution in [0.4, 0.5) is 0 Å². The van der Waals surface area contributed by atoms with E-state index >= 15 is 0 Å². The van der Waals surface area contributed by atoms with Gasteiger partial charge in [0.1, 0.15) is 5.69 Å². The van der Waals surface area contributed by atoms with E-state index < -0.39 is 11.9 Å². The molecular formula is C14H17NO4. The standard InChI is InChI=1S/C14H17NO4/c1-3-18-13(16)10-8-12(14(17)19-4-2)15-11-7-5-6-9(10)11/h8H,3-7H2,1-2H3. The third-order valence-corrected chi connectivity index (χ3v) is 3.03. The molecule has 0 bridgehead atoms. The summed E-state index contributed by atoms with van der Waals surface area (Å²) in [7, 11) is 0. The second-order valence-corrected chi connectivity index (χ2v) is 4.27. The number of rotatable bonds is 4. The molecule has 2 rings (SSSR count). The van der Waals surface area contributed by atoms with Gasteiger partial charge in [0.05, 0.1) is 18.8 Å². The number of carbonyl (C=O) groups excluding carboxylic acids is 2. The summed E-state index contributed by atoms with van der Waals surface area (Å²) in [6.45, 7) is 4.08. The van der Waals surface area contributed by atoms with Crippen molar-refractivity contribution in [3.8, 4) is 0 Å². The lowest BCUT2D eigenvalue weighted by Gasteiger charge is -2.09. The Morgan fingerprint density at radius 3 is 2.53 bits per heavy atom. The Morgan fingerprint density at radius 2 is 1.84 bits per heavy atom. The number of hydrogen-bond donors (Lipinski definition) is 0. The molecule has 0 fully saturated rings. The fourth-order valence-electron chi connectivity index (χ4n) is 2.24. The topological polar surface area (TPSA) is 65.5 Å². The molecular weight excluding hydrogens is 246 g/mol. The van der Waals surface area contributed by atoms with Gasteiger partial charge in [0.25, 0.3) is 0 Å². The zero-order valence-electron chi connectivity index (χ0n) is 11.2. The van der Waals surface area contributed by atoms with Crippen molar-refractivity contribution in [2.24, 2.45) is 0 Å². The van der Waals surface area contributed by atoms with E-state index in [-0.39, 0.29) is 12.3 Å². The first-order valence-corrected chi connectivity index (χ1v) is 6.54. The van der Waals surface area contributed by atoms with Gasteiger partial charge in [-0.15, -0.1) is 0 Å². The molecule has 1 aromatic rings. The maximum atomic E-state index is 11.9. The van der Waals surface area contributed by atoms with Crippen LogP contribution in [0.1, 0.15) is 52.4 Å². The number of fused-ring (bicyclic) bond motifs is 1. The molecule has 5 nitrogen and oxygen atoms in total. The van der Waals surface area contributed by atoms with Gasteiger partial charge in [-0.1, -0.05) is 0 Å². The molecule has 1 aliphatic carbocycles. The maximum Gasteiger partial charge on any atom is 0.356 e. The van der Waals surface area contributed by atoms with Crippen LogP contribution < -0.4 is 0 Å². The molecule has 0 N–H and O–H groups in total. The number of nitrogens with zero attached hydrogens (tertiary/aromatic N) is 1. The molecule has 0 aromatic carbocycles. The third kappa shape index (κ3) is 2.75. The predicted octanol–water partition coefficient (Wildman–Crippen LogP) is 1.92. The van der Waals surface area contributed by atoms with Crippen LogP contribution in [-0.4, -0.2) is 30.1 Å². The van der Waals surface area contributed by atoms with Gasteiger partial charge in [0.15, 0.2) is 0 Å². The average molecular weight is 263 g/mol. The first-order chi connectivity index (χ1) is 9.17. The third-order valence-electron chi connectivity index (χ3n) is 3.03. The van der Waals surface area contributed by atoms with E-state index in [1.54, 1.807) is 13.8 Å². The van der Waals surface area contributed by atoms with Gasteiger partial charge in [-0.2, -0.15) is 0 Å². The van der Waals surface area contributed by atoms with Crippen molar-refractivity contribution in [1.29, 1.82) is 0 Å². The number of carbonyl (C=O) groups is 2. The molecule has 5 heteroatoms. The quantitative estimate of drug-likeness (QED) is 0.776. The lowest BCUT2D eigenvalue weighted by atomic mass is 10.1. The summed E-state index contributed by atoms with van der Waals surface area (Å²) in [6.07, 6.45) is 2.54. The first-order valence-electron chi connectivity index (χ1n) is 6.54. The normalized spacial score (nSPS) is 12.9. The summed E-state index contributed by atoms with van der Waals surface area (Å²) < 4.78 is 9.96. The zero-order valence-corrected chi connectivity index (χ0v) is 11.2. The van der Waals surface area contributed by atoms with Crippen molar-refractivity contribution in [2.45, 2.75) is 33.1 Å². The second kappa shape index (κ2) is 5.82. The summed E-state index contributed by atoms with van der Waals surface area (Å²) in [6, 6.07) is 1.49. The van der Waals surface area contributed by atoms with E-state index in [0.29, 0.717) is 12.2 Å². The average Bonchev–Trinajstić information content (AvgIpc) is 2.86. The monoisotopic (exact) mass is 263 g/mol. The molecule has 102 valence electrons. The second-order valence-electron chi connectivity index (χ2n) is 4.27. The minimum Gasteiger partial charge on any atom is -0.462 e. The van der Waals surface area contributed by atoms with Crippen LogP contribution in [0.3, 0.4) is 0 Å². The molecule has 0 atom stereocenters. The highest BCUT2D eigenvalue weighted by Gasteiger charge is 2.24. The van der Waals surface area contributed by atoms with Crippen LogP contribution >= 0.6 is 0 Å². The summed E-state index contributed by atoms with van der Waals surface area (Å²) in [5, 5.41) is 0. The molecule has 19 heavy (non-hydrogen) atoms. The van der Waals surface area contributed by atoms with Crippen molar-refractivity contribution < 1.29 is 19.1 Å². The first kappa shape index (κ1) is 13.5. The highest BCUT2D eigenvalue weighted by molar-refractivity contribution is 5.95. The van der Waals surface area contributed by atoms with E-state index in [1.807, 2.05) is 0 Å². The molecule has 1 aromatic heterocycles. The molecule has 0 unspecified atom stereocenters. The fourth-order valence-corrected chi connectivity index (χ4v) is 2.24. The number of hydrogen-bond acceptors (Lipinski definition) is 5. The number of aryl methyl sites for hydroxylation is 1. The Balaban J connectivity index is 2.41. The van der Waals surface area contributed by atoms with Crippen molar-refractivity contribution in [3.05, 3.63) is 28.6 Å². The van der Waals surface area contributed by atoms with Crippen LogP contribution in [-0.2, 0) is 22.3 Å². The highest BCUT2D eigenvalue weighted by atomic mass is 16.5. The fraction of sp³-hybridized carbons (Fsp3) is 0.500. The minimum absolute atomic E-state index is 0.186. The Hall–Kier alpha value is -1.91. The van der Waals surface area contributed by atoms with Gasteiger partial charge in [0.2, 0.25) is 0 Å². The summed E-state index contributed by atoms with van der Waals surface area (Å²) >= 11 is 0. The maximum absolute atomic E-state index is 11.9. The summed E-state index contributed by atoms with van der Waals surface area (Å²) in [5.74, 6) is -0.892. The van der Waals surface area contributed by atoms with E-state index in [1.165, 1.54) is 6.07 Å². The lowest BCUT2D eigenvalue weighted by molar-refractivity contribution is 0.0518. The van der Waals surface area contributed by atoms with Crippen molar-refractivity contribution >= 4 is 11.9 Å². The Labute approximate surface area is 111 Å². The van der Waals surface area contributed by atoms with Gasteiger partial charge in [-0.05, 0) is 44.7 Å². The van der Waals surface area contributed by atoms with Crippen molar-refractivity contribution in [2.75, 3.05) is 13.2 Å². The molecule has 1 heterocycles. The van der Waals surface area contributed by atoms with Gasteiger partial charge in [0, 0.05) is 5.69 Å². The molecule has 0 aliphatic heterocycles. The van der Waals surface area contributed by atoms with Crippen LogP contribution in [0.25, 0.3) is 0 Å². The molecule has 0 radical (unpaired) electrons. The number of aromatic nitrogens is 1. The zero-order chi connectivity index (χ0) is 13.8. The van der Waals surface area contributed by atoms with Crippen LogP contribution in [0.15, 0.2) is 6.07 Å². The SMILES string of the molecule is CCOC(=O)c1cc(C(=O)OCC)c2c(n1)CCC2. The van der Waals surface area contributed by atoms with Gasteiger partial charge < -0.3 is 9.47 Å². The number of ether oxygens (including phenoxy) is 2. The lowest BCUT2D eigenvalue weighted by Crippen LogP contribution is -2.14. The number of pyridine rings is 1. The molecule has 0 spiro atoms. The molecule has 1 aliphatic rings. The highest BCUT2D eigenvalue weighted by Crippen LogP contribution is 2.25. The smallest absolute Gasteiger partial charge is 0.356 e. The van der Waals surface area contributed by atoms with Crippen molar-refractivity contribution in [3.63, 3.8) is 0 Å². The molecule has 0 saturated carbocycles. The van der Waals surface area contributed by atoms with E-state index in [4.69, 9.17) is 9.47 Å². The van der Waals surface area contributed by atoms with Crippen LogP contribution in [0.2, 0.25) is 0 Å². The summed E-state index contributed by atoms with van der Waals surface area (Å²) in [5.41, 5.74) is 2.36. The Bertz CT molecular complexity index is 510. The Kier molecular flexibility index (Phi) is 4.14. The van der Waals surface area contributed by atoms with Gasteiger partial charge in [-0.25, -0.2) is 14.6 Å². The summed E-state index contributed by atoms with van der Waals surface area (Å²) in [4.78, 5) is 28.0. The van der Waals surface area contributed by atoms with E-state index in [0.717, 1.165) is 30.5 Å². The van der Waals surface area contributed by atoms with Crippen molar-refractivity contribution in [1.82, 2.24) is 4.98 Å². The van der Waals surface area contributed by atoms with E-state index in [9.17, 15) is 9.59 Å².